The molecule has 4 N–H and O–H groups in total. The highest BCUT2D eigenvalue weighted by Crippen LogP contribution is 2.25. The molecule has 0 radical (unpaired) electrons. The Morgan fingerprint density at radius 3 is 2.58 bits per heavy atom. The minimum atomic E-state index is -0.844. The van der Waals surface area contributed by atoms with E-state index in [1.807, 2.05) is 13.8 Å². The van der Waals surface area contributed by atoms with Crippen LogP contribution in [0.5, 0.6) is 0 Å². The van der Waals surface area contributed by atoms with Crippen LogP contribution in [0.15, 0.2) is 12.3 Å². The van der Waals surface area contributed by atoms with Gasteiger partial charge in [0.25, 0.3) is 0 Å². The fourth-order valence-corrected chi connectivity index (χ4v) is 2.28. The third-order valence-electron chi connectivity index (χ3n) is 2.43. The fraction of sp³-hybridized carbons (Fsp3) is 0.273. The molecule has 0 bridgehead atoms. The van der Waals surface area contributed by atoms with E-state index in [1.165, 1.54) is 11.3 Å². The molecule has 0 aliphatic rings. The minimum Gasteiger partial charge on any atom is -0.359 e. The Morgan fingerprint density at radius 2 is 2.00 bits per heavy atom. The fourth-order valence-electron chi connectivity index (χ4n) is 1.51. The number of pyridine rings is 1. The molecule has 1 atom stereocenters. The van der Waals surface area contributed by atoms with Crippen LogP contribution < -0.4 is 16.6 Å². The quantitative estimate of drug-likeness (QED) is 0.594. The summed E-state index contributed by atoms with van der Waals surface area (Å²) in [6.45, 7) is 3.75. The van der Waals surface area contributed by atoms with E-state index in [2.05, 4.69) is 20.7 Å². The molecule has 102 valence electrons. The molecular weight excluding hydrogens is 272 g/mol. The van der Waals surface area contributed by atoms with Crippen molar-refractivity contribution in [1.29, 1.82) is 0 Å². The van der Waals surface area contributed by atoms with E-state index in [0.29, 0.717) is 0 Å². The summed E-state index contributed by atoms with van der Waals surface area (Å²) in [4.78, 5) is 8.99. The summed E-state index contributed by atoms with van der Waals surface area (Å²) in [6.07, 6.45) is 1.74. The van der Waals surface area contributed by atoms with Gasteiger partial charge in [0.1, 0.15) is 5.01 Å². The predicted octanol–water partition coefficient (Wildman–Crippen LogP) is 2.58. The maximum absolute atomic E-state index is 13.6. The van der Waals surface area contributed by atoms with Crippen LogP contribution in [-0.4, -0.2) is 9.97 Å². The molecule has 0 spiro atoms. The van der Waals surface area contributed by atoms with Crippen molar-refractivity contribution in [2.24, 2.45) is 5.84 Å². The van der Waals surface area contributed by atoms with E-state index in [0.717, 1.165) is 16.0 Å². The van der Waals surface area contributed by atoms with Crippen molar-refractivity contribution < 1.29 is 8.78 Å². The number of hydrogen-bond donors (Lipinski definition) is 3. The molecule has 2 aromatic rings. The van der Waals surface area contributed by atoms with Crippen LogP contribution in [0.4, 0.5) is 20.4 Å². The van der Waals surface area contributed by atoms with Gasteiger partial charge in [-0.25, -0.2) is 24.6 Å². The highest BCUT2D eigenvalue weighted by atomic mass is 32.1. The average molecular weight is 285 g/mol. The van der Waals surface area contributed by atoms with Crippen LogP contribution in [0, 0.1) is 18.6 Å². The number of nitrogen functional groups attached to an aromatic ring is 1. The second-order valence-corrected chi connectivity index (χ2v) is 5.24. The van der Waals surface area contributed by atoms with E-state index < -0.39 is 11.6 Å². The molecule has 2 aromatic heterocycles. The monoisotopic (exact) mass is 285 g/mol. The Labute approximate surface area is 112 Å². The van der Waals surface area contributed by atoms with Gasteiger partial charge in [-0.2, -0.15) is 0 Å². The van der Waals surface area contributed by atoms with Crippen LogP contribution in [0.1, 0.15) is 22.9 Å². The summed E-state index contributed by atoms with van der Waals surface area (Å²) in [5.74, 6) is 3.19. The number of thiazole rings is 1. The van der Waals surface area contributed by atoms with Crippen molar-refractivity contribution >= 4 is 23.0 Å². The van der Waals surface area contributed by atoms with Crippen LogP contribution in [0.3, 0.4) is 0 Å². The second kappa shape index (κ2) is 5.45. The Hall–Kier alpha value is -1.80. The normalized spacial score (nSPS) is 12.3. The van der Waals surface area contributed by atoms with E-state index in [-0.39, 0.29) is 17.7 Å². The lowest BCUT2D eigenvalue weighted by molar-refractivity contribution is 0.576. The van der Waals surface area contributed by atoms with Gasteiger partial charge in [-0.15, -0.1) is 11.3 Å². The SMILES string of the molecule is Cc1cnc(C(C)Nc2nc(NN)c(F)cc2F)s1. The molecule has 8 heteroatoms. The molecule has 1 unspecified atom stereocenters. The number of nitrogens with zero attached hydrogens (tertiary/aromatic N) is 2. The highest BCUT2D eigenvalue weighted by Gasteiger charge is 2.15. The number of hydrogen-bond acceptors (Lipinski definition) is 6. The number of halogens is 2. The molecule has 0 saturated carbocycles. The van der Waals surface area contributed by atoms with Crippen molar-refractivity contribution in [1.82, 2.24) is 9.97 Å². The van der Waals surface area contributed by atoms with E-state index in [1.54, 1.807) is 6.20 Å². The first kappa shape index (κ1) is 13.6. The number of nitrogens with two attached hydrogens (primary N) is 1. The molecule has 0 aromatic carbocycles. The molecule has 0 amide bonds. The highest BCUT2D eigenvalue weighted by molar-refractivity contribution is 7.11. The van der Waals surface area contributed by atoms with Crippen molar-refractivity contribution in [3.63, 3.8) is 0 Å². The van der Waals surface area contributed by atoms with Crippen LogP contribution >= 0.6 is 11.3 Å². The summed E-state index contributed by atoms with van der Waals surface area (Å²) in [7, 11) is 0. The minimum absolute atomic E-state index is 0.0743. The first-order valence-corrected chi connectivity index (χ1v) is 6.34. The first-order chi connectivity index (χ1) is 9.01. The summed E-state index contributed by atoms with van der Waals surface area (Å²) in [5, 5.41) is 3.64. The van der Waals surface area contributed by atoms with Gasteiger partial charge in [0.05, 0.1) is 6.04 Å². The molecule has 2 rings (SSSR count). The topological polar surface area (TPSA) is 75.9 Å². The van der Waals surface area contributed by atoms with Gasteiger partial charge >= 0.3 is 0 Å². The third kappa shape index (κ3) is 2.96. The zero-order chi connectivity index (χ0) is 14.0. The lowest BCUT2D eigenvalue weighted by atomic mass is 10.3. The standard InChI is InChI=1S/C11H13F2N5S/c1-5-4-15-11(19-5)6(2)16-9-7(12)3-8(13)10(17-9)18-14/h3-4,6H,14H2,1-2H3,(H2,16,17,18). The second-order valence-electron chi connectivity index (χ2n) is 3.97. The largest absolute Gasteiger partial charge is 0.359 e. The Balaban J connectivity index is 2.23. The van der Waals surface area contributed by atoms with E-state index in [4.69, 9.17) is 5.84 Å². The van der Waals surface area contributed by atoms with Gasteiger partial charge in [-0.05, 0) is 13.8 Å². The van der Waals surface area contributed by atoms with Crippen molar-refractivity contribution in [2.75, 3.05) is 10.7 Å². The third-order valence-corrected chi connectivity index (χ3v) is 3.52. The molecule has 0 aliphatic heterocycles. The lowest BCUT2D eigenvalue weighted by Crippen LogP contribution is -2.14. The number of hydrazine groups is 1. The lowest BCUT2D eigenvalue weighted by Gasteiger charge is -2.13. The summed E-state index contributed by atoms with van der Waals surface area (Å²) >= 11 is 1.50. The van der Waals surface area contributed by atoms with E-state index >= 15 is 0 Å². The summed E-state index contributed by atoms with van der Waals surface area (Å²) in [5.41, 5.74) is 2.07. The number of nitrogens with one attached hydrogen (secondary N) is 2. The van der Waals surface area contributed by atoms with Gasteiger partial charge in [0, 0.05) is 17.1 Å². The number of aromatic nitrogens is 2. The number of aryl methyl sites for hydroxylation is 1. The summed E-state index contributed by atoms with van der Waals surface area (Å²) < 4.78 is 26.8. The first-order valence-electron chi connectivity index (χ1n) is 5.52. The molecule has 2 heterocycles. The molecule has 0 fully saturated rings. The predicted molar refractivity (Wildman–Crippen MR) is 70.9 cm³/mol. The van der Waals surface area contributed by atoms with Gasteiger partial charge in [-0.1, -0.05) is 0 Å². The van der Waals surface area contributed by atoms with Gasteiger partial charge in [0.15, 0.2) is 23.3 Å². The molecule has 0 aliphatic carbocycles. The van der Waals surface area contributed by atoms with Crippen molar-refractivity contribution in [3.8, 4) is 0 Å². The Bertz CT molecular complexity index is 586. The van der Waals surface area contributed by atoms with E-state index in [9.17, 15) is 8.78 Å². The zero-order valence-corrected chi connectivity index (χ0v) is 11.2. The van der Waals surface area contributed by atoms with Crippen molar-refractivity contribution in [3.05, 3.63) is 33.8 Å². The van der Waals surface area contributed by atoms with Gasteiger partial charge in [-0.3, -0.25) is 0 Å². The molecule has 19 heavy (non-hydrogen) atoms. The van der Waals surface area contributed by atoms with Crippen LogP contribution in [-0.2, 0) is 0 Å². The number of anilines is 2. The smallest absolute Gasteiger partial charge is 0.178 e. The Morgan fingerprint density at radius 1 is 1.32 bits per heavy atom. The molecule has 5 nitrogen and oxygen atoms in total. The molecular formula is C11H13F2N5S. The summed E-state index contributed by atoms with van der Waals surface area (Å²) in [6, 6.07) is 0.487. The van der Waals surface area contributed by atoms with Crippen LogP contribution in [0.2, 0.25) is 0 Å². The zero-order valence-electron chi connectivity index (χ0n) is 10.4. The van der Waals surface area contributed by atoms with Crippen molar-refractivity contribution in [2.45, 2.75) is 19.9 Å². The Kier molecular flexibility index (Phi) is 3.91. The van der Waals surface area contributed by atoms with Crippen LogP contribution in [0.25, 0.3) is 0 Å². The maximum atomic E-state index is 13.6. The molecule has 0 saturated heterocycles. The number of rotatable bonds is 4. The van der Waals surface area contributed by atoms with Gasteiger partial charge in [0.2, 0.25) is 0 Å². The average Bonchev–Trinajstić information content (AvgIpc) is 2.79. The maximum Gasteiger partial charge on any atom is 0.178 e. The van der Waals surface area contributed by atoms with Gasteiger partial charge < -0.3 is 10.7 Å².